The van der Waals surface area contributed by atoms with Gasteiger partial charge in [-0.2, -0.15) is 0 Å². The summed E-state index contributed by atoms with van der Waals surface area (Å²) in [5.41, 5.74) is -0.439. The Labute approximate surface area is 188 Å². The van der Waals surface area contributed by atoms with Crippen LogP contribution in [0.5, 0.6) is 5.75 Å². The smallest absolute Gasteiger partial charge is 0.304 e. The largest absolute Gasteiger partial charge is 0.493 e. The van der Waals surface area contributed by atoms with E-state index in [1.165, 1.54) is 25.1 Å². The Morgan fingerprint density at radius 2 is 2.00 bits per heavy atom. The Bertz CT molecular complexity index is 806. The third kappa shape index (κ3) is 7.03. The highest BCUT2D eigenvalue weighted by Gasteiger charge is 2.32. The van der Waals surface area contributed by atoms with Crippen molar-refractivity contribution in [2.75, 3.05) is 6.61 Å². The molecular weight excluding hydrogens is 416 g/mol. The summed E-state index contributed by atoms with van der Waals surface area (Å²) in [5.74, 6) is -0.392. The Morgan fingerprint density at radius 1 is 1.28 bits per heavy atom. The Hall–Kier alpha value is -2.97. The lowest BCUT2D eigenvalue weighted by Crippen LogP contribution is -2.49. The van der Waals surface area contributed by atoms with Crippen LogP contribution in [0.25, 0.3) is 0 Å². The first-order valence-corrected chi connectivity index (χ1v) is 11.2. The van der Waals surface area contributed by atoms with Crippen LogP contribution in [-0.4, -0.2) is 46.9 Å². The molecule has 0 heterocycles. The SMILES string of the molecule is CCCC(OC(C)=O)N(C(=O)CCCOc1cccc([N+](=O)[O-])c1C=O)C1CCCCC1. The number of esters is 1. The average Bonchev–Trinajstić information content (AvgIpc) is 2.77. The summed E-state index contributed by atoms with van der Waals surface area (Å²) in [6.07, 6.45) is 6.72. The number of carbonyl (C=O) groups excluding carboxylic acids is 3. The number of hydrogen-bond acceptors (Lipinski definition) is 7. The van der Waals surface area contributed by atoms with Crippen LogP contribution in [0, 0.1) is 10.1 Å². The summed E-state index contributed by atoms with van der Waals surface area (Å²) in [6.45, 7) is 3.46. The van der Waals surface area contributed by atoms with Crippen LogP contribution in [0.15, 0.2) is 18.2 Å². The van der Waals surface area contributed by atoms with Crippen molar-refractivity contribution in [2.24, 2.45) is 0 Å². The molecule has 1 aromatic rings. The second-order valence-electron chi connectivity index (χ2n) is 7.96. The number of amides is 1. The maximum atomic E-state index is 13.2. The van der Waals surface area contributed by atoms with Crippen molar-refractivity contribution in [3.63, 3.8) is 0 Å². The molecule has 0 aliphatic heterocycles. The molecule has 0 radical (unpaired) electrons. The molecule has 1 aliphatic carbocycles. The summed E-state index contributed by atoms with van der Waals surface area (Å²) >= 11 is 0. The predicted molar refractivity (Wildman–Crippen MR) is 117 cm³/mol. The number of hydrogen-bond donors (Lipinski definition) is 0. The van der Waals surface area contributed by atoms with Crippen molar-refractivity contribution in [1.29, 1.82) is 0 Å². The minimum absolute atomic E-state index is 0.0477. The first kappa shape index (κ1) is 25.3. The number of carbonyl (C=O) groups is 3. The molecule has 0 bridgehead atoms. The lowest BCUT2D eigenvalue weighted by atomic mass is 9.93. The highest BCUT2D eigenvalue weighted by molar-refractivity contribution is 5.85. The van der Waals surface area contributed by atoms with Crippen molar-refractivity contribution in [3.8, 4) is 5.75 Å². The van der Waals surface area contributed by atoms with Gasteiger partial charge < -0.3 is 14.4 Å². The number of benzene rings is 1. The summed E-state index contributed by atoms with van der Waals surface area (Å²) in [7, 11) is 0. The highest BCUT2D eigenvalue weighted by atomic mass is 16.6. The van der Waals surface area contributed by atoms with E-state index in [4.69, 9.17) is 9.47 Å². The van der Waals surface area contributed by atoms with E-state index in [2.05, 4.69) is 0 Å². The molecule has 0 N–H and O–H groups in total. The van der Waals surface area contributed by atoms with Crippen LogP contribution >= 0.6 is 0 Å². The molecule has 1 aliphatic rings. The summed E-state index contributed by atoms with van der Waals surface area (Å²) < 4.78 is 11.1. The Balaban J connectivity index is 2.03. The fourth-order valence-electron chi connectivity index (χ4n) is 4.12. The minimum atomic E-state index is -0.634. The van der Waals surface area contributed by atoms with E-state index in [9.17, 15) is 24.5 Å². The van der Waals surface area contributed by atoms with E-state index in [1.54, 1.807) is 4.90 Å². The molecule has 9 nitrogen and oxygen atoms in total. The van der Waals surface area contributed by atoms with Gasteiger partial charge in [-0.15, -0.1) is 0 Å². The predicted octanol–water partition coefficient (Wildman–Crippen LogP) is 4.42. The first-order chi connectivity index (χ1) is 15.4. The quantitative estimate of drug-likeness (QED) is 0.116. The third-order valence-electron chi connectivity index (χ3n) is 5.55. The van der Waals surface area contributed by atoms with Crippen molar-refractivity contribution >= 4 is 23.9 Å². The van der Waals surface area contributed by atoms with Crippen LogP contribution in [-0.2, 0) is 14.3 Å². The van der Waals surface area contributed by atoms with Crippen LogP contribution in [0.2, 0.25) is 0 Å². The van der Waals surface area contributed by atoms with Gasteiger partial charge in [-0.25, -0.2) is 0 Å². The highest BCUT2D eigenvalue weighted by Crippen LogP contribution is 2.28. The van der Waals surface area contributed by atoms with Crippen molar-refractivity contribution in [1.82, 2.24) is 4.90 Å². The number of ether oxygens (including phenoxy) is 2. The van der Waals surface area contributed by atoms with Gasteiger partial charge in [0.15, 0.2) is 12.5 Å². The molecule has 0 saturated heterocycles. The minimum Gasteiger partial charge on any atom is -0.493 e. The molecular formula is C23H32N2O7. The molecule has 1 aromatic carbocycles. The Morgan fingerprint density at radius 3 is 2.59 bits per heavy atom. The molecule has 0 aromatic heterocycles. The monoisotopic (exact) mass is 448 g/mol. The fraction of sp³-hybridized carbons (Fsp3) is 0.609. The van der Waals surface area contributed by atoms with Crippen molar-refractivity contribution < 1.29 is 28.8 Å². The van der Waals surface area contributed by atoms with Crippen LogP contribution < -0.4 is 4.74 Å². The van der Waals surface area contributed by atoms with E-state index in [0.29, 0.717) is 19.1 Å². The lowest BCUT2D eigenvalue weighted by molar-refractivity contribution is -0.385. The summed E-state index contributed by atoms with van der Waals surface area (Å²) in [5, 5.41) is 11.1. The first-order valence-electron chi connectivity index (χ1n) is 11.2. The number of nitro groups is 1. The topological polar surface area (TPSA) is 116 Å². The van der Waals surface area contributed by atoms with Crippen LogP contribution in [0.1, 0.15) is 82.0 Å². The van der Waals surface area contributed by atoms with E-state index in [0.717, 1.165) is 38.5 Å². The zero-order chi connectivity index (χ0) is 23.5. The van der Waals surface area contributed by atoms with E-state index >= 15 is 0 Å². The molecule has 1 amide bonds. The van der Waals surface area contributed by atoms with Crippen LogP contribution in [0.3, 0.4) is 0 Å². The van der Waals surface area contributed by atoms with Crippen molar-refractivity contribution in [2.45, 2.75) is 83.9 Å². The van der Waals surface area contributed by atoms with Gasteiger partial charge in [-0.3, -0.25) is 24.5 Å². The maximum Gasteiger partial charge on any atom is 0.304 e. The van der Waals surface area contributed by atoms with Crippen molar-refractivity contribution in [3.05, 3.63) is 33.9 Å². The molecule has 9 heteroatoms. The van der Waals surface area contributed by atoms with Gasteiger partial charge in [0.2, 0.25) is 5.91 Å². The third-order valence-corrected chi connectivity index (χ3v) is 5.55. The van der Waals surface area contributed by atoms with Gasteiger partial charge in [0, 0.05) is 31.9 Å². The van der Waals surface area contributed by atoms with E-state index in [-0.39, 0.29) is 42.0 Å². The molecule has 1 atom stereocenters. The van der Waals surface area contributed by atoms with Gasteiger partial charge >= 0.3 is 5.97 Å². The van der Waals surface area contributed by atoms with Crippen LogP contribution in [0.4, 0.5) is 5.69 Å². The molecule has 176 valence electrons. The van der Waals surface area contributed by atoms with E-state index < -0.39 is 17.1 Å². The fourth-order valence-corrected chi connectivity index (χ4v) is 4.12. The summed E-state index contributed by atoms with van der Waals surface area (Å²) in [4.78, 5) is 48.3. The molecule has 2 rings (SSSR count). The van der Waals surface area contributed by atoms with Gasteiger partial charge in [0.05, 0.1) is 11.5 Å². The zero-order valence-electron chi connectivity index (χ0n) is 18.8. The van der Waals surface area contributed by atoms with Gasteiger partial charge in [-0.1, -0.05) is 38.7 Å². The zero-order valence-corrected chi connectivity index (χ0v) is 18.8. The maximum absolute atomic E-state index is 13.2. The van der Waals surface area contributed by atoms with Gasteiger partial charge in [0.25, 0.3) is 5.69 Å². The molecule has 32 heavy (non-hydrogen) atoms. The number of rotatable bonds is 12. The molecule has 1 unspecified atom stereocenters. The second kappa shape index (κ2) is 12.8. The second-order valence-corrected chi connectivity index (χ2v) is 7.96. The molecule has 1 fully saturated rings. The van der Waals surface area contributed by atoms with Gasteiger partial charge in [-0.05, 0) is 25.3 Å². The molecule has 1 saturated carbocycles. The summed E-state index contributed by atoms with van der Waals surface area (Å²) in [6, 6.07) is 4.23. The number of nitro benzene ring substituents is 1. The molecule has 0 spiro atoms. The van der Waals surface area contributed by atoms with E-state index in [1.807, 2.05) is 6.92 Å². The van der Waals surface area contributed by atoms with Gasteiger partial charge in [0.1, 0.15) is 11.3 Å². The Kier molecular flexibility index (Phi) is 10.1. The normalized spacial score (nSPS) is 14.9. The number of aldehydes is 1. The average molecular weight is 449 g/mol. The lowest BCUT2D eigenvalue weighted by Gasteiger charge is -2.39. The number of nitrogens with zero attached hydrogens (tertiary/aromatic N) is 2. The standard InChI is InChI=1S/C23H32N2O7/c1-3-9-23(32-17(2)27)24(18-10-5-4-6-11-18)22(28)14-8-15-31-21-13-7-12-20(25(29)30)19(21)16-26/h7,12-13,16,18,23H,3-6,8-11,14-15H2,1-2H3.